The van der Waals surface area contributed by atoms with Crippen LogP contribution in [0.3, 0.4) is 0 Å². The minimum absolute atomic E-state index is 0.886. The lowest BCUT2D eigenvalue weighted by Crippen LogP contribution is -1.80. The van der Waals surface area contributed by atoms with Gasteiger partial charge in [0.1, 0.15) is 5.82 Å². The average Bonchev–Trinajstić information content (AvgIpc) is 3.02. The lowest BCUT2D eigenvalue weighted by molar-refractivity contribution is 1.33. The predicted molar refractivity (Wildman–Crippen MR) is 75.9 cm³/mol. The second-order valence-electron chi connectivity index (χ2n) is 4.74. The van der Waals surface area contributed by atoms with Crippen LogP contribution in [0.4, 0.5) is 0 Å². The average molecular weight is 248 g/mol. The molecular weight excluding hydrogens is 236 g/mol. The highest BCUT2D eigenvalue weighted by atomic mass is 14.9. The zero-order chi connectivity index (χ0) is 12.8. The third-order valence-corrected chi connectivity index (χ3v) is 3.33. The maximum atomic E-state index is 4.63. The summed E-state index contributed by atoms with van der Waals surface area (Å²) in [5.41, 5.74) is 6.34. The lowest BCUT2D eigenvalue weighted by Gasteiger charge is -1.96. The molecule has 0 aliphatic rings. The standard InChI is InChI=1S/C15H12N4/c1-9-2-4-12-14(6-9)19-15(18-12)10-3-5-11-13(7-10)17-8-16-11/h2-8H,1H3,(H,16,17)(H,18,19). The first-order valence-corrected chi connectivity index (χ1v) is 6.19. The maximum Gasteiger partial charge on any atom is 0.138 e. The Morgan fingerprint density at radius 2 is 1.84 bits per heavy atom. The summed E-state index contributed by atoms with van der Waals surface area (Å²) in [5, 5.41) is 0. The molecule has 0 saturated heterocycles. The molecule has 4 heteroatoms. The third-order valence-electron chi connectivity index (χ3n) is 3.33. The number of H-pyrrole nitrogens is 2. The molecule has 4 rings (SSSR count). The normalized spacial score (nSPS) is 11.4. The highest BCUT2D eigenvalue weighted by molar-refractivity contribution is 5.84. The molecule has 0 aliphatic carbocycles. The summed E-state index contributed by atoms with van der Waals surface area (Å²) in [5.74, 6) is 0.886. The zero-order valence-electron chi connectivity index (χ0n) is 10.4. The van der Waals surface area contributed by atoms with Crippen LogP contribution < -0.4 is 0 Å². The Balaban J connectivity index is 1.92. The van der Waals surface area contributed by atoms with Crippen molar-refractivity contribution in [1.29, 1.82) is 0 Å². The van der Waals surface area contributed by atoms with Crippen LogP contribution in [0.25, 0.3) is 33.5 Å². The fourth-order valence-corrected chi connectivity index (χ4v) is 2.34. The number of hydrogen-bond donors (Lipinski definition) is 2. The number of aryl methyl sites for hydroxylation is 1. The topological polar surface area (TPSA) is 57.4 Å². The molecule has 0 bridgehead atoms. The Hall–Kier alpha value is -2.62. The Bertz CT molecular complexity index is 885. The van der Waals surface area contributed by atoms with E-state index in [1.54, 1.807) is 6.33 Å². The summed E-state index contributed by atoms with van der Waals surface area (Å²) in [7, 11) is 0. The zero-order valence-corrected chi connectivity index (χ0v) is 10.4. The van der Waals surface area contributed by atoms with Crippen molar-refractivity contribution in [2.45, 2.75) is 6.92 Å². The monoisotopic (exact) mass is 248 g/mol. The lowest BCUT2D eigenvalue weighted by atomic mass is 10.2. The van der Waals surface area contributed by atoms with Gasteiger partial charge in [-0.3, -0.25) is 0 Å². The van der Waals surface area contributed by atoms with Crippen molar-refractivity contribution in [3.05, 3.63) is 48.3 Å². The van der Waals surface area contributed by atoms with Gasteiger partial charge in [-0.25, -0.2) is 9.97 Å². The molecule has 4 aromatic rings. The highest BCUT2D eigenvalue weighted by Crippen LogP contribution is 2.23. The fraction of sp³-hybridized carbons (Fsp3) is 0.0667. The number of rotatable bonds is 1. The number of aromatic amines is 2. The molecule has 2 N–H and O–H groups in total. The third kappa shape index (κ3) is 1.61. The molecule has 92 valence electrons. The number of imidazole rings is 2. The molecular formula is C15H12N4. The first-order valence-electron chi connectivity index (χ1n) is 6.19. The number of nitrogens with one attached hydrogen (secondary N) is 2. The molecule has 2 aromatic heterocycles. The van der Waals surface area contributed by atoms with Gasteiger partial charge in [0.2, 0.25) is 0 Å². The fourth-order valence-electron chi connectivity index (χ4n) is 2.34. The Labute approximate surface area is 109 Å². The summed E-state index contributed by atoms with van der Waals surface area (Å²) in [6.07, 6.45) is 1.70. The molecule has 0 aliphatic heterocycles. The molecule has 0 radical (unpaired) electrons. The first kappa shape index (κ1) is 10.3. The molecule has 0 atom stereocenters. The van der Waals surface area contributed by atoms with E-state index in [0.717, 1.165) is 33.5 Å². The van der Waals surface area contributed by atoms with Gasteiger partial charge in [0.15, 0.2) is 0 Å². The Morgan fingerprint density at radius 3 is 2.79 bits per heavy atom. The van der Waals surface area contributed by atoms with Crippen molar-refractivity contribution in [2.75, 3.05) is 0 Å². The highest BCUT2D eigenvalue weighted by Gasteiger charge is 2.06. The van der Waals surface area contributed by atoms with E-state index in [-0.39, 0.29) is 0 Å². The number of aromatic nitrogens is 4. The van der Waals surface area contributed by atoms with Gasteiger partial charge in [-0.1, -0.05) is 6.07 Å². The molecule has 2 aromatic carbocycles. The molecule has 0 spiro atoms. The second kappa shape index (κ2) is 3.68. The van der Waals surface area contributed by atoms with E-state index >= 15 is 0 Å². The largest absolute Gasteiger partial charge is 0.345 e. The van der Waals surface area contributed by atoms with Crippen LogP contribution in [-0.2, 0) is 0 Å². The molecule has 0 fully saturated rings. The Kier molecular flexibility index (Phi) is 2.00. The second-order valence-corrected chi connectivity index (χ2v) is 4.74. The van der Waals surface area contributed by atoms with E-state index < -0.39 is 0 Å². The Morgan fingerprint density at radius 1 is 0.947 bits per heavy atom. The van der Waals surface area contributed by atoms with E-state index in [9.17, 15) is 0 Å². The molecule has 19 heavy (non-hydrogen) atoms. The number of hydrogen-bond acceptors (Lipinski definition) is 2. The van der Waals surface area contributed by atoms with Crippen LogP contribution in [0.15, 0.2) is 42.7 Å². The van der Waals surface area contributed by atoms with Gasteiger partial charge in [-0.15, -0.1) is 0 Å². The van der Waals surface area contributed by atoms with E-state index in [1.165, 1.54) is 5.56 Å². The number of benzene rings is 2. The van der Waals surface area contributed by atoms with Crippen molar-refractivity contribution in [3.63, 3.8) is 0 Å². The van der Waals surface area contributed by atoms with Crippen molar-refractivity contribution < 1.29 is 0 Å². The molecule has 2 heterocycles. The quantitative estimate of drug-likeness (QED) is 0.542. The van der Waals surface area contributed by atoms with Gasteiger partial charge < -0.3 is 9.97 Å². The predicted octanol–water partition coefficient (Wildman–Crippen LogP) is 3.41. The van der Waals surface area contributed by atoms with Crippen molar-refractivity contribution in [1.82, 2.24) is 19.9 Å². The van der Waals surface area contributed by atoms with Crippen LogP contribution >= 0.6 is 0 Å². The smallest absolute Gasteiger partial charge is 0.138 e. The van der Waals surface area contributed by atoms with Gasteiger partial charge in [-0.2, -0.15) is 0 Å². The van der Waals surface area contributed by atoms with Gasteiger partial charge in [-0.05, 0) is 42.8 Å². The van der Waals surface area contributed by atoms with Crippen LogP contribution in [0.5, 0.6) is 0 Å². The van der Waals surface area contributed by atoms with Gasteiger partial charge in [0.05, 0.1) is 28.4 Å². The molecule has 4 nitrogen and oxygen atoms in total. The molecule has 0 saturated carbocycles. The van der Waals surface area contributed by atoms with Crippen LogP contribution in [-0.4, -0.2) is 19.9 Å². The summed E-state index contributed by atoms with van der Waals surface area (Å²) in [6.45, 7) is 2.08. The SMILES string of the molecule is Cc1ccc2nc(-c3ccc4nc[nH]c4c3)[nH]c2c1. The van der Waals surface area contributed by atoms with E-state index in [0.29, 0.717) is 0 Å². The summed E-state index contributed by atoms with van der Waals surface area (Å²) < 4.78 is 0. The van der Waals surface area contributed by atoms with Crippen LogP contribution in [0, 0.1) is 6.92 Å². The van der Waals surface area contributed by atoms with Gasteiger partial charge in [0.25, 0.3) is 0 Å². The van der Waals surface area contributed by atoms with Crippen molar-refractivity contribution in [2.24, 2.45) is 0 Å². The summed E-state index contributed by atoms with van der Waals surface area (Å²) in [4.78, 5) is 15.3. The summed E-state index contributed by atoms with van der Waals surface area (Å²) >= 11 is 0. The van der Waals surface area contributed by atoms with Crippen molar-refractivity contribution >= 4 is 22.1 Å². The van der Waals surface area contributed by atoms with Crippen LogP contribution in [0.2, 0.25) is 0 Å². The number of fused-ring (bicyclic) bond motifs is 2. The maximum absolute atomic E-state index is 4.63. The van der Waals surface area contributed by atoms with Crippen molar-refractivity contribution in [3.8, 4) is 11.4 Å². The van der Waals surface area contributed by atoms with Crippen LogP contribution in [0.1, 0.15) is 5.56 Å². The van der Waals surface area contributed by atoms with Gasteiger partial charge in [0, 0.05) is 5.56 Å². The molecule has 0 unspecified atom stereocenters. The minimum atomic E-state index is 0.886. The van der Waals surface area contributed by atoms with E-state index in [1.807, 2.05) is 18.2 Å². The summed E-state index contributed by atoms with van der Waals surface area (Å²) in [6, 6.07) is 12.3. The first-order chi connectivity index (χ1) is 9.29. The minimum Gasteiger partial charge on any atom is -0.345 e. The number of nitrogens with zero attached hydrogens (tertiary/aromatic N) is 2. The van der Waals surface area contributed by atoms with E-state index in [4.69, 9.17) is 0 Å². The van der Waals surface area contributed by atoms with E-state index in [2.05, 4.69) is 45.1 Å². The van der Waals surface area contributed by atoms with Gasteiger partial charge >= 0.3 is 0 Å². The molecule has 0 amide bonds.